The van der Waals surface area contributed by atoms with Crippen molar-refractivity contribution in [1.29, 1.82) is 0 Å². The molecule has 0 spiro atoms. The van der Waals surface area contributed by atoms with Gasteiger partial charge in [0.25, 0.3) is 0 Å². The number of carbonyl (C=O) groups is 3. The molecular weight excluding hydrogens is 248 g/mol. The first-order valence-electron chi connectivity index (χ1n) is 6.26. The highest BCUT2D eigenvalue weighted by Gasteiger charge is 2.23. The number of rotatable bonds is 6. The summed E-state index contributed by atoms with van der Waals surface area (Å²) in [4.78, 5) is 34.4. The van der Waals surface area contributed by atoms with Gasteiger partial charge in [-0.1, -0.05) is 6.08 Å². The van der Waals surface area contributed by atoms with Gasteiger partial charge in [-0.15, -0.1) is 6.58 Å². The molecule has 0 radical (unpaired) electrons. The summed E-state index contributed by atoms with van der Waals surface area (Å²) < 4.78 is 9.85. The lowest BCUT2D eigenvalue weighted by Gasteiger charge is -2.15. The molecule has 5 nitrogen and oxygen atoms in total. The smallest absolute Gasteiger partial charge is 0.347 e. The van der Waals surface area contributed by atoms with Crippen molar-refractivity contribution in [3.63, 3.8) is 0 Å². The van der Waals surface area contributed by atoms with Gasteiger partial charge in [0.05, 0.1) is 6.61 Å². The number of hydrogen-bond acceptors (Lipinski definition) is 5. The Morgan fingerprint density at radius 2 is 2.21 bits per heavy atom. The van der Waals surface area contributed by atoms with E-state index in [1.807, 2.05) is 0 Å². The van der Waals surface area contributed by atoms with Crippen molar-refractivity contribution in [2.75, 3.05) is 6.61 Å². The fourth-order valence-electron chi connectivity index (χ4n) is 1.60. The van der Waals surface area contributed by atoms with E-state index in [9.17, 15) is 14.4 Å². The van der Waals surface area contributed by atoms with Crippen molar-refractivity contribution in [2.24, 2.45) is 0 Å². The van der Waals surface area contributed by atoms with E-state index in [-0.39, 0.29) is 12.4 Å². The Morgan fingerprint density at radius 1 is 1.47 bits per heavy atom. The van der Waals surface area contributed by atoms with E-state index in [2.05, 4.69) is 6.58 Å². The third-order valence-corrected chi connectivity index (χ3v) is 2.65. The Balaban J connectivity index is 2.45. The second-order valence-corrected chi connectivity index (χ2v) is 4.28. The highest BCUT2D eigenvalue weighted by Crippen LogP contribution is 2.17. The molecule has 1 rings (SSSR count). The van der Waals surface area contributed by atoms with Crippen LogP contribution in [0.15, 0.2) is 24.3 Å². The summed E-state index contributed by atoms with van der Waals surface area (Å²) in [7, 11) is 0. The summed E-state index contributed by atoms with van der Waals surface area (Å²) in [6.07, 6.45) is 4.09. The molecule has 5 heteroatoms. The van der Waals surface area contributed by atoms with Crippen LogP contribution in [0.2, 0.25) is 0 Å². The predicted octanol–water partition coefficient (Wildman–Crippen LogP) is 1.72. The van der Waals surface area contributed by atoms with E-state index in [1.165, 1.54) is 13.0 Å². The molecule has 0 aromatic carbocycles. The first-order valence-corrected chi connectivity index (χ1v) is 6.26. The maximum atomic E-state index is 11.7. The average molecular weight is 266 g/mol. The molecule has 104 valence electrons. The second-order valence-electron chi connectivity index (χ2n) is 4.28. The van der Waals surface area contributed by atoms with Crippen molar-refractivity contribution >= 4 is 17.7 Å². The van der Waals surface area contributed by atoms with Gasteiger partial charge in [0, 0.05) is 12.0 Å². The molecule has 0 aliphatic heterocycles. The zero-order chi connectivity index (χ0) is 14.3. The Bertz CT molecular complexity index is 408. The quantitative estimate of drug-likeness (QED) is 0.416. The van der Waals surface area contributed by atoms with Crippen LogP contribution in [0.5, 0.6) is 0 Å². The monoisotopic (exact) mass is 266 g/mol. The summed E-state index contributed by atoms with van der Waals surface area (Å²) in [6, 6.07) is 0. The number of carbonyl (C=O) groups excluding carboxylic acids is 3. The summed E-state index contributed by atoms with van der Waals surface area (Å²) in [5.74, 6) is -1.31. The van der Waals surface area contributed by atoms with Crippen molar-refractivity contribution < 1.29 is 23.9 Å². The van der Waals surface area contributed by atoms with Crippen LogP contribution in [0.1, 0.15) is 32.6 Å². The molecule has 19 heavy (non-hydrogen) atoms. The molecule has 0 saturated carbocycles. The van der Waals surface area contributed by atoms with Crippen LogP contribution in [0.25, 0.3) is 0 Å². The molecular formula is C14H18O5. The van der Waals surface area contributed by atoms with Gasteiger partial charge >= 0.3 is 11.9 Å². The molecule has 1 atom stereocenters. The van der Waals surface area contributed by atoms with Crippen molar-refractivity contribution in [2.45, 2.75) is 38.7 Å². The number of ketones is 1. The van der Waals surface area contributed by atoms with E-state index in [0.29, 0.717) is 31.3 Å². The predicted molar refractivity (Wildman–Crippen MR) is 68.3 cm³/mol. The van der Waals surface area contributed by atoms with E-state index in [0.717, 1.165) is 0 Å². The van der Waals surface area contributed by atoms with E-state index in [1.54, 1.807) is 6.08 Å². The molecule has 0 saturated heterocycles. The first kappa shape index (κ1) is 15.1. The zero-order valence-corrected chi connectivity index (χ0v) is 11.0. The van der Waals surface area contributed by atoms with Crippen LogP contribution in [-0.4, -0.2) is 30.4 Å². The van der Waals surface area contributed by atoms with Crippen LogP contribution in [-0.2, 0) is 23.9 Å². The molecule has 0 bridgehead atoms. The number of hydrogen-bond donors (Lipinski definition) is 0. The van der Waals surface area contributed by atoms with Gasteiger partial charge in [0.1, 0.15) is 0 Å². The molecule has 0 N–H and O–H groups in total. The minimum absolute atomic E-state index is 0.0839. The summed E-state index contributed by atoms with van der Waals surface area (Å²) in [5.41, 5.74) is 0.321. The first-order chi connectivity index (χ1) is 9.04. The highest BCUT2D eigenvalue weighted by molar-refractivity contribution is 6.01. The lowest BCUT2D eigenvalue weighted by atomic mass is 9.99. The molecule has 1 aliphatic rings. The summed E-state index contributed by atoms with van der Waals surface area (Å²) in [6.45, 7) is 5.16. The van der Waals surface area contributed by atoms with Crippen LogP contribution < -0.4 is 0 Å². The minimum Gasteiger partial charge on any atom is -0.463 e. The van der Waals surface area contributed by atoms with Gasteiger partial charge in [0.15, 0.2) is 11.9 Å². The Morgan fingerprint density at radius 3 is 2.84 bits per heavy atom. The van der Waals surface area contributed by atoms with Gasteiger partial charge in [0.2, 0.25) is 0 Å². The van der Waals surface area contributed by atoms with Crippen molar-refractivity contribution in [3.05, 3.63) is 24.3 Å². The minimum atomic E-state index is -0.977. The fraction of sp³-hybridized carbons (Fsp3) is 0.500. The normalized spacial score (nSPS) is 16.3. The van der Waals surface area contributed by atoms with Gasteiger partial charge in [-0.25, -0.2) is 9.59 Å². The SMILES string of the molecule is C=CCCOC(=O)[C@H](C)OC(=O)C1=CC(=O)CCC1. The second kappa shape index (κ2) is 7.51. The van der Waals surface area contributed by atoms with Gasteiger partial charge < -0.3 is 9.47 Å². The standard InChI is InChI=1S/C14H18O5/c1-3-4-8-18-13(16)10(2)19-14(17)11-6-5-7-12(15)9-11/h3,9-10H,1,4-8H2,2H3/t10-/m0/s1. The third-order valence-electron chi connectivity index (χ3n) is 2.65. The van der Waals surface area contributed by atoms with Crippen LogP contribution in [0, 0.1) is 0 Å². The van der Waals surface area contributed by atoms with Gasteiger partial charge in [-0.05, 0) is 32.3 Å². The highest BCUT2D eigenvalue weighted by atomic mass is 16.6. The van der Waals surface area contributed by atoms with Gasteiger partial charge in [-0.3, -0.25) is 4.79 Å². The average Bonchev–Trinajstić information content (AvgIpc) is 2.38. The number of allylic oxidation sites excluding steroid dienone is 1. The fourth-order valence-corrected chi connectivity index (χ4v) is 1.60. The Kier molecular flexibility index (Phi) is 5.99. The van der Waals surface area contributed by atoms with Gasteiger partial charge in [-0.2, -0.15) is 0 Å². The van der Waals surface area contributed by atoms with Crippen molar-refractivity contribution in [3.8, 4) is 0 Å². The summed E-state index contributed by atoms with van der Waals surface area (Å²) in [5, 5.41) is 0. The zero-order valence-electron chi connectivity index (χ0n) is 11.0. The number of ether oxygens (including phenoxy) is 2. The third kappa shape index (κ3) is 5.07. The van der Waals surface area contributed by atoms with Crippen LogP contribution in [0.3, 0.4) is 0 Å². The van der Waals surface area contributed by atoms with E-state index >= 15 is 0 Å². The lowest BCUT2D eigenvalue weighted by Crippen LogP contribution is -2.27. The molecule has 1 aliphatic carbocycles. The molecule has 0 unspecified atom stereocenters. The Labute approximate surface area is 112 Å². The molecule has 0 amide bonds. The molecule has 0 heterocycles. The summed E-state index contributed by atoms with van der Waals surface area (Å²) >= 11 is 0. The van der Waals surface area contributed by atoms with E-state index < -0.39 is 18.0 Å². The topological polar surface area (TPSA) is 69.7 Å². The lowest BCUT2D eigenvalue weighted by molar-refractivity contribution is -0.164. The van der Waals surface area contributed by atoms with Crippen LogP contribution >= 0.6 is 0 Å². The number of esters is 2. The molecule has 0 fully saturated rings. The van der Waals surface area contributed by atoms with Crippen molar-refractivity contribution in [1.82, 2.24) is 0 Å². The Hall–Kier alpha value is -1.91. The molecule has 0 aromatic rings. The van der Waals surface area contributed by atoms with E-state index in [4.69, 9.17) is 9.47 Å². The molecule has 0 aromatic heterocycles. The van der Waals surface area contributed by atoms with Crippen LogP contribution in [0.4, 0.5) is 0 Å². The maximum Gasteiger partial charge on any atom is 0.347 e. The largest absolute Gasteiger partial charge is 0.463 e. The maximum absolute atomic E-state index is 11.7.